The lowest BCUT2D eigenvalue weighted by atomic mass is 10.1. The van der Waals surface area contributed by atoms with E-state index in [0.29, 0.717) is 6.61 Å². The number of hydrogen-bond donors (Lipinski definition) is 1. The molecule has 1 aliphatic heterocycles. The molecule has 8 nitrogen and oxygen atoms in total. The van der Waals surface area contributed by atoms with Crippen LogP contribution >= 0.6 is 0 Å². The average molecular weight is 393 g/mol. The first-order chi connectivity index (χ1) is 14.2. The largest absolute Gasteiger partial charge is 0.370 e. The van der Waals surface area contributed by atoms with E-state index < -0.39 is 0 Å². The van der Waals surface area contributed by atoms with E-state index in [1.807, 2.05) is 39.0 Å². The molecule has 4 rings (SSSR count). The fourth-order valence-corrected chi connectivity index (χ4v) is 3.52. The van der Waals surface area contributed by atoms with E-state index in [1.54, 1.807) is 10.9 Å². The van der Waals surface area contributed by atoms with Crippen molar-refractivity contribution < 1.29 is 4.74 Å². The maximum atomic E-state index is 5.94. The van der Waals surface area contributed by atoms with Crippen LogP contribution in [0, 0.1) is 0 Å². The van der Waals surface area contributed by atoms with Crippen LogP contribution in [0.15, 0.2) is 60.4 Å². The Morgan fingerprint density at radius 1 is 1.28 bits per heavy atom. The van der Waals surface area contributed by atoms with E-state index >= 15 is 0 Å². The summed E-state index contributed by atoms with van der Waals surface area (Å²) in [6.45, 7) is 3.81. The average Bonchev–Trinajstić information content (AvgIpc) is 3.42. The Morgan fingerprint density at radius 2 is 2.10 bits per heavy atom. The smallest absolute Gasteiger partial charge is 0.194 e. The minimum atomic E-state index is 0.0125. The fraction of sp³-hybridized carbons (Fsp3) is 0.381. The maximum Gasteiger partial charge on any atom is 0.194 e. The van der Waals surface area contributed by atoms with Gasteiger partial charge in [-0.2, -0.15) is 5.10 Å². The van der Waals surface area contributed by atoms with Crippen LogP contribution in [0.1, 0.15) is 22.8 Å². The van der Waals surface area contributed by atoms with Gasteiger partial charge in [-0.05, 0) is 11.1 Å². The first-order valence-electron chi connectivity index (χ1n) is 9.80. The van der Waals surface area contributed by atoms with E-state index in [0.717, 1.165) is 37.7 Å². The second-order valence-electron chi connectivity index (χ2n) is 7.21. The number of benzene rings is 1. The van der Waals surface area contributed by atoms with Crippen molar-refractivity contribution in [2.24, 2.45) is 12.0 Å². The van der Waals surface area contributed by atoms with Gasteiger partial charge in [-0.3, -0.25) is 9.67 Å². The van der Waals surface area contributed by atoms with Crippen LogP contribution in [0.3, 0.4) is 0 Å². The van der Waals surface area contributed by atoms with Crippen LogP contribution in [0.4, 0.5) is 0 Å². The number of aryl methyl sites for hydroxylation is 1. The van der Waals surface area contributed by atoms with Gasteiger partial charge in [-0.1, -0.05) is 24.3 Å². The first-order valence-corrected chi connectivity index (χ1v) is 9.80. The van der Waals surface area contributed by atoms with Crippen molar-refractivity contribution in [2.45, 2.75) is 19.2 Å². The van der Waals surface area contributed by atoms with Crippen LogP contribution < -0.4 is 5.32 Å². The Bertz CT molecular complexity index is 930. The molecule has 0 aliphatic carbocycles. The SMILES string of the molecule is CN=C(NCc1ccc(Cn2ccnc2)cc1)N1CCOC(c2cnn(C)c2)C1. The summed E-state index contributed by atoms with van der Waals surface area (Å²) < 4.78 is 9.81. The van der Waals surface area contributed by atoms with Gasteiger partial charge in [0.05, 0.1) is 25.7 Å². The van der Waals surface area contributed by atoms with Gasteiger partial charge >= 0.3 is 0 Å². The number of aromatic nitrogens is 4. The molecule has 2 aromatic heterocycles. The molecule has 0 saturated carbocycles. The predicted molar refractivity (Wildman–Crippen MR) is 111 cm³/mol. The highest BCUT2D eigenvalue weighted by Gasteiger charge is 2.25. The Hall–Kier alpha value is -3.13. The summed E-state index contributed by atoms with van der Waals surface area (Å²) >= 11 is 0. The van der Waals surface area contributed by atoms with Gasteiger partial charge < -0.3 is 19.5 Å². The summed E-state index contributed by atoms with van der Waals surface area (Å²) in [6.07, 6.45) is 9.50. The molecule has 0 radical (unpaired) electrons. The molecule has 0 spiro atoms. The highest BCUT2D eigenvalue weighted by Crippen LogP contribution is 2.21. The van der Waals surface area contributed by atoms with Crippen LogP contribution in [-0.2, 0) is 24.9 Å². The van der Waals surface area contributed by atoms with Crippen molar-refractivity contribution in [3.05, 3.63) is 72.1 Å². The quantitative estimate of drug-likeness (QED) is 0.529. The molecule has 1 aliphatic rings. The maximum absolute atomic E-state index is 5.94. The molecule has 8 heteroatoms. The molecule has 3 heterocycles. The number of nitrogens with one attached hydrogen (secondary N) is 1. The van der Waals surface area contributed by atoms with Crippen molar-refractivity contribution in [1.82, 2.24) is 29.5 Å². The Labute approximate surface area is 170 Å². The number of morpholine rings is 1. The summed E-state index contributed by atoms with van der Waals surface area (Å²) in [5.41, 5.74) is 3.57. The van der Waals surface area contributed by atoms with E-state index in [2.05, 4.69) is 54.1 Å². The molecule has 0 bridgehead atoms. The van der Waals surface area contributed by atoms with Gasteiger partial charge in [0.15, 0.2) is 5.96 Å². The molecular formula is C21H27N7O. The highest BCUT2D eigenvalue weighted by molar-refractivity contribution is 5.80. The molecule has 0 amide bonds. The molecular weight excluding hydrogens is 366 g/mol. The molecule has 1 aromatic carbocycles. The Morgan fingerprint density at radius 3 is 2.79 bits per heavy atom. The molecule has 29 heavy (non-hydrogen) atoms. The molecule has 1 fully saturated rings. The molecule has 1 atom stereocenters. The van der Waals surface area contributed by atoms with Gasteiger partial charge in [-0.15, -0.1) is 0 Å². The van der Waals surface area contributed by atoms with Crippen molar-refractivity contribution in [2.75, 3.05) is 26.7 Å². The van der Waals surface area contributed by atoms with Gasteiger partial charge in [0.25, 0.3) is 0 Å². The third-order valence-electron chi connectivity index (χ3n) is 5.07. The van der Waals surface area contributed by atoms with Crippen molar-refractivity contribution in [3.63, 3.8) is 0 Å². The third-order valence-corrected chi connectivity index (χ3v) is 5.07. The number of aliphatic imine (C=N–C) groups is 1. The van der Waals surface area contributed by atoms with Gasteiger partial charge in [0.1, 0.15) is 6.10 Å². The van der Waals surface area contributed by atoms with Crippen LogP contribution in [-0.4, -0.2) is 56.9 Å². The van der Waals surface area contributed by atoms with E-state index in [1.165, 1.54) is 11.1 Å². The monoisotopic (exact) mass is 393 g/mol. The lowest BCUT2D eigenvalue weighted by molar-refractivity contribution is -0.00805. The normalized spacial score (nSPS) is 17.5. The Balaban J connectivity index is 1.33. The minimum absolute atomic E-state index is 0.0125. The van der Waals surface area contributed by atoms with Gasteiger partial charge in [0, 0.05) is 57.9 Å². The second kappa shape index (κ2) is 8.91. The lowest BCUT2D eigenvalue weighted by Gasteiger charge is -2.34. The fourth-order valence-electron chi connectivity index (χ4n) is 3.52. The Kier molecular flexibility index (Phi) is 5.90. The molecule has 152 valence electrons. The third kappa shape index (κ3) is 4.83. The summed E-state index contributed by atoms with van der Waals surface area (Å²) in [6, 6.07) is 8.63. The molecule has 3 aromatic rings. The van der Waals surface area contributed by atoms with E-state index in [9.17, 15) is 0 Å². The number of hydrogen-bond acceptors (Lipinski definition) is 4. The summed E-state index contributed by atoms with van der Waals surface area (Å²) in [4.78, 5) is 10.8. The van der Waals surface area contributed by atoms with Crippen molar-refractivity contribution >= 4 is 5.96 Å². The zero-order valence-corrected chi connectivity index (χ0v) is 16.9. The number of nitrogens with zero attached hydrogens (tertiary/aromatic N) is 6. The number of rotatable bonds is 5. The standard InChI is InChI=1S/C21H27N7O/c1-22-21(28-9-10-29-20(15-28)19-12-25-26(2)14-19)24-11-17-3-5-18(6-4-17)13-27-8-7-23-16-27/h3-8,12,14,16,20H,9-11,13,15H2,1-2H3,(H,22,24). The predicted octanol–water partition coefficient (Wildman–Crippen LogP) is 1.81. The lowest BCUT2D eigenvalue weighted by Crippen LogP contribution is -2.47. The minimum Gasteiger partial charge on any atom is -0.370 e. The second-order valence-corrected chi connectivity index (χ2v) is 7.21. The summed E-state index contributed by atoms with van der Waals surface area (Å²) in [5, 5.41) is 7.74. The summed E-state index contributed by atoms with van der Waals surface area (Å²) in [5.74, 6) is 0.893. The molecule has 1 unspecified atom stereocenters. The van der Waals surface area contributed by atoms with E-state index in [4.69, 9.17) is 4.74 Å². The zero-order chi connectivity index (χ0) is 20.1. The van der Waals surface area contributed by atoms with Crippen LogP contribution in [0.5, 0.6) is 0 Å². The number of ether oxygens (including phenoxy) is 1. The van der Waals surface area contributed by atoms with Crippen LogP contribution in [0.25, 0.3) is 0 Å². The zero-order valence-electron chi connectivity index (χ0n) is 16.9. The number of imidazole rings is 1. The van der Waals surface area contributed by atoms with Gasteiger partial charge in [-0.25, -0.2) is 4.98 Å². The first kappa shape index (κ1) is 19.2. The highest BCUT2D eigenvalue weighted by atomic mass is 16.5. The van der Waals surface area contributed by atoms with E-state index in [-0.39, 0.29) is 6.10 Å². The van der Waals surface area contributed by atoms with Crippen molar-refractivity contribution in [3.8, 4) is 0 Å². The number of guanidine groups is 1. The van der Waals surface area contributed by atoms with Gasteiger partial charge in [0.2, 0.25) is 0 Å². The summed E-state index contributed by atoms with van der Waals surface area (Å²) in [7, 11) is 3.75. The topological polar surface area (TPSA) is 72.5 Å². The van der Waals surface area contributed by atoms with Crippen molar-refractivity contribution in [1.29, 1.82) is 0 Å². The molecule has 1 saturated heterocycles. The van der Waals surface area contributed by atoms with Crippen LogP contribution in [0.2, 0.25) is 0 Å². The molecule has 1 N–H and O–H groups in total.